The number of carbonyl (C=O) groups excluding carboxylic acids is 1. The van der Waals surface area contributed by atoms with Crippen molar-refractivity contribution in [3.05, 3.63) is 35.4 Å². The average molecular weight is 384 g/mol. The first-order valence-corrected chi connectivity index (χ1v) is 7.83. The molecule has 1 aliphatic rings. The van der Waals surface area contributed by atoms with Crippen LogP contribution in [0.5, 0.6) is 0 Å². The maximum atomic E-state index is 12.5. The molecule has 0 radical (unpaired) electrons. The molecule has 1 heterocycles. The van der Waals surface area contributed by atoms with Crippen molar-refractivity contribution in [3.63, 3.8) is 0 Å². The van der Waals surface area contributed by atoms with Crippen molar-refractivity contribution in [2.75, 3.05) is 26.2 Å². The first-order valence-electron chi connectivity index (χ1n) is 7.83. The third-order valence-electron chi connectivity index (χ3n) is 3.97. The van der Waals surface area contributed by atoms with Gasteiger partial charge in [0.1, 0.15) is 0 Å². The molecular formula is C16H18F6N2O2. The van der Waals surface area contributed by atoms with Crippen LogP contribution in [0.15, 0.2) is 24.3 Å². The highest BCUT2D eigenvalue weighted by molar-refractivity contribution is 5.68. The van der Waals surface area contributed by atoms with Crippen molar-refractivity contribution in [1.82, 2.24) is 9.80 Å². The molecule has 26 heavy (non-hydrogen) atoms. The van der Waals surface area contributed by atoms with E-state index < -0.39 is 24.5 Å². The van der Waals surface area contributed by atoms with Gasteiger partial charge in [-0.1, -0.05) is 29.8 Å². The predicted octanol–water partition coefficient (Wildman–Crippen LogP) is 3.74. The Balaban J connectivity index is 1.88. The monoisotopic (exact) mass is 384 g/mol. The number of piperazine rings is 1. The fraction of sp³-hybridized carbons (Fsp3) is 0.562. The average Bonchev–Trinajstić information content (AvgIpc) is 2.53. The summed E-state index contributed by atoms with van der Waals surface area (Å²) in [7, 11) is 0. The molecule has 1 amide bonds. The number of halogens is 6. The standard InChI is InChI=1S/C16H18F6N2O2/c1-11-2-4-12(5-3-11)10-23-6-8-24(9-7-23)14(25)26-13(15(17,18)19)16(20,21)22/h2-5,13H,6-10H2,1H3. The van der Waals surface area contributed by atoms with Crippen LogP contribution in [-0.4, -0.2) is 60.5 Å². The lowest BCUT2D eigenvalue weighted by atomic mass is 10.1. The van der Waals surface area contributed by atoms with E-state index in [2.05, 4.69) is 4.74 Å². The number of alkyl halides is 6. The molecule has 1 aromatic rings. The topological polar surface area (TPSA) is 32.8 Å². The SMILES string of the molecule is Cc1ccc(CN2CCN(C(=O)OC(C(F)(F)F)C(F)(F)F)CC2)cc1. The molecule has 1 saturated heterocycles. The van der Waals surface area contributed by atoms with Crippen molar-refractivity contribution < 1.29 is 35.9 Å². The zero-order chi connectivity index (χ0) is 19.5. The fourth-order valence-corrected chi connectivity index (χ4v) is 2.53. The van der Waals surface area contributed by atoms with Crippen LogP contribution < -0.4 is 0 Å². The van der Waals surface area contributed by atoms with Crippen molar-refractivity contribution in [3.8, 4) is 0 Å². The van der Waals surface area contributed by atoms with E-state index in [4.69, 9.17) is 0 Å². The second kappa shape index (κ2) is 7.73. The minimum atomic E-state index is -5.71. The van der Waals surface area contributed by atoms with E-state index in [1.807, 2.05) is 36.1 Å². The highest BCUT2D eigenvalue weighted by Gasteiger charge is 2.60. The quantitative estimate of drug-likeness (QED) is 0.745. The Labute approximate surface area is 146 Å². The van der Waals surface area contributed by atoms with E-state index in [9.17, 15) is 31.1 Å². The Morgan fingerprint density at radius 3 is 1.96 bits per heavy atom. The Kier molecular flexibility index (Phi) is 6.05. The minimum absolute atomic E-state index is 0.00682. The molecule has 0 N–H and O–H groups in total. The van der Waals surface area contributed by atoms with Gasteiger partial charge in [0.15, 0.2) is 0 Å². The number of benzene rings is 1. The summed E-state index contributed by atoms with van der Waals surface area (Å²) in [5, 5.41) is 0. The Morgan fingerprint density at radius 1 is 1.00 bits per heavy atom. The van der Waals surface area contributed by atoms with Crippen LogP contribution in [0.2, 0.25) is 0 Å². The van der Waals surface area contributed by atoms with Gasteiger partial charge in [-0.25, -0.2) is 4.79 Å². The van der Waals surface area contributed by atoms with E-state index in [0.29, 0.717) is 19.6 Å². The molecule has 0 aliphatic carbocycles. The lowest BCUT2D eigenvalue weighted by Gasteiger charge is -2.35. The van der Waals surface area contributed by atoms with Crippen LogP contribution in [0.1, 0.15) is 11.1 Å². The van der Waals surface area contributed by atoms with Gasteiger partial charge in [-0.2, -0.15) is 26.3 Å². The van der Waals surface area contributed by atoms with Gasteiger partial charge in [0.25, 0.3) is 6.10 Å². The number of hydrogen-bond donors (Lipinski definition) is 0. The second-order valence-electron chi connectivity index (χ2n) is 6.10. The van der Waals surface area contributed by atoms with Gasteiger partial charge in [0, 0.05) is 32.7 Å². The van der Waals surface area contributed by atoms with Crippen LogP contribution in [0.3, 0.4) is 0 Å². The van der Waals surface area contributed by atoms with Crippen LogP contribution in [-0.2, 0) is 11.3 Å². The highest BCUT2D eigenvalue weighted by Crippen LogP contribution is 2.36. The number of hydrogen-bond acceptors (Lipinski definition) is 3. The molecule has 0 spiro atoms. The largest absolute Gasteiger partial charge is 0.434 e. The summed E-state index contributed by atoms with van der Waals surface area (Å²) < 4.78 is 78.4. The van der Waals surface area contributed by atoms with Crippen LogP contribution in [0.4, 0.5) is 31.1 Å². The number of rotatable bonds is 3. The number of aryl methyl sites for hydroxylation is 1. The van der Waals surface area contributed by atoms with E-state index >= 15 is 0 Å². The zero-order valence-electron chi connectivity index (χ0n) is 13.9. The van der Waals surface area contributed by atoms with Crippen molar-refractivity contribution in [2.45, 2.75) is 31.9 Å². The third kappa shape index (κ3) is 5.52. The molecule has 0 aromatic heterocycles. The van der Waals surface area contributed by atoms with Gasteiger partial charge < -0.3 is 9.64 Å². The molecule has 146 valence electrons. The molecule has 0 atom stereocenters. The van der Waals surface area contributed by atoms with E-state index in [-0.39, 0.29) is 13.1 Å². The zero-order valence-corrected chi connectivity index (χ0v) is 13.9. The fourth-order valence-electron chi connectivity index (χ4n) is 2.53. The number of carbonyl (C=O) groups is 1. The minimum Gasteiger partial charge on any atom is -0.426 e. The molecule has 4 nitrogen and oxygen atoms in total. The number of ether oxygens (including phenoxy) is 1. The molecule has 1 aliphatic heterocycles. The number of amides is 1. The van der Waals surface area contributed by atoms with Crippen LogP contribution in [0.25, 0.3) is 0 Å². The van der Waals surface area contributed by atoms with Gasteiger partial charge in [-0.15, -0.1) is 0 Å². The lowest BCUT2D eigenvalue weighted by molar-refractivity contribution is -0.308. The lowest BCUT2D eigenvalue weighted by Crippen LogP contribution is -2.52. The molecule has 2 rings (SSSR count). The Bertz CT molecular complexity index is 593. The normalized spacial score (nSPS) is 16.8. The van der Waals surface area contributed by atoms with Gasteiger partial charge in [-0.05, 0) is 12.5 Å². The van der Waals surface area contributed by atoms with E-state index in [0.717, 1.165) is 16.0 Å². The van der Waals surface area contributed by atoms with Gasteiger partial charge >= 0.3 is 18.4 Å². The molecule has 10 heteroatoms. The third-order valence-corrected chi connectivity index (χ3v) is 3.97. The maximum absolute atomic E-state index is 12.5. The second-order valence-corrected chi connectivity index (χ2v) is 6.10. The summed E-state index contributed by atoms with van der Waals surface area (Å²) in [5.74, 6) is 0. The number of nitrogens with zero attached hydrogens (tertiary/aromatic N) is 2. The molecule has 0 unspecified atom stereocenters. The molecule has 0 bridgehead atoms. The summed E-state index contributed by atoms with van der Waals surface area (Å²) >= 11 is 0. The van der Waals surface area contributed by atoms with Crippen molar-refractivity contribution in [2.24, 2.45) is 0 Å². The molecule has 0 saturated carbocycles. The first-order chi connectivity index (χ1) is 12.0. The summed E-state index contributed by atoms with van der Waals surface area (Å²) in [6, 6.07) is 7.76. The van der Waals surface area contributed by atoms with Gasteiger partial charge in [0.05, 0.1) is 0 Å². The van der Waals surface area contributed by atoms with Gasteiger partial charge in [-0.3, -0.25) is 4.90 Å². The van der Waals surface area contributed by atoms with Crippen LogP contribution in [0, 0.1) is 6.92 Å². The highest BCUT2D eigenvalue weighted by atomic mass is 19.4. The summed E-state index contributed by atoms with van der Waals surface area (Å²) in [6.45, 7) is 3.16. The Morgan fingerprint density at radius 2 is 1.50 bits per heavy atom. The summed E-state index contributed by atoms with van der Waals surface area (Å²) in [5.41, 5.74) is 2.13. The molecule has 1 aromatic carbocycles. The maximum Gasteiger partial charge on any atom is 0.434 e. The van der Waals surface area contributed by atoms with Crippen LogP contribution >= 0.6 is 0 Å². The van der Waals surface area contributed by atoms with E-state index in [1.165, 1.54) is 0 Å². The predicted molar refractivity (Wildman–Crippen MR) is 80.4 cm³/mol. The van der Waals surface area contributed by atoms with Gasteiger partial charge in [0.2, 0.25) is 0 Å². The smallest absolute Gasteiger partial charge is 0.426 e. The Hall–Kier alpha value is -1.97. The summed E-state index contributed by atoms with van der Waals surface area (Å²) in [6.07, 6.45) is -17.1. The van der Waals surface area contributed by atoms with E-state index in [1.54, 1.807) is 0 Å². The van der Waals surface area contributed by atoms with Crippen molar-refractivity contribution >= 4 is 6.09 Å². The van der Waals surface area contributed by atoms with Crippen molar-refractivity contribution in [1.29, 1.82) is 0 Å². The first kappa shape index (κ1) is 20.3. The molecular weight excluding hydrogens is 366 g/mol. The summed E-state index contributed by atoms with van der Waals surface area (Å²) in [4.78, 5) is 14.5. The molecule has 1 fully saturated rings.